The SMILES string of the molecule is CC(NCc1c(C(C)C)nn(C)c1N(C)C)C(=O)NC1CCCC1. The Kier molecular flexibility index (Phi) is 6.27. The van der Waals surface area contributed by atoms with Crippen molar-refractivity contribution >= 4 is 11.7 Å². The Morgan fingerprint density at radius 3 is 2.46 bits per heavy atom. The van der Waals surface area contributed by atoms with Crippen LogP contribution in [0.5, 0.6) is 0 Å². The number of rotatable bonds is 7. The van der Waals surface area contributed by atoms with Crippen molar-refractivity contribution in [1.82, 2.24) is 20.4 Å². The number of aryl methyl sites for hydroxylation is 1. The predicted octanol–water partition coefficient (Wildman–Crippen LogP) is 2.15. The van der Waals surface area contributed by atoms with Gasteiger partial charge >= 0.3 is 0 Å². The summed E-state index contributed by atoms with van der Waals surface area (Å²) in [4.78, 5) is 14.4. The molecule has 136 valence electrons. The Labute approximate surface area is 146 Å². The summed E-state index contributed by atoms with van der Waals surface area (Å²) >= 11 is 0. The molecule has 1 heterocycles. The third-order valence-electron chi connectivity index (χ3n) is 4.79. The Hall–Kier alpha value is -1.56. The predicted molar refractivity (Wildman–Crippen MR) is 98.3 cm³/mol. The highest BCUT2D eigenvalue weighted by molar-refractivity contribution is 5.81. The van der Waals surface area contributed by atoms with Crippen LogP contribution in [0, 0.1) is 0 Å². The number of aromatic nitrogens is 2. The molecule has 0 bridgehead atoms. The second kappa shape index (κ2) is 8.01. The second-order valence-corrected chi connectivity index (χ2v) is 7.45. The topological polar surface area (TPSA) is 62.2 Å². The average molecular weight is 335 g/mol. The van der Waals surface area contributed by atoms with E-state index in [0.717, 1.165) is 24.4 Å². The first-order chi connectivity index (χ1) is 11.3. The fourth-order valence-electron chi connectivity index (χ4n) is 3.52. The molecule has 2 N–H and O–H groups in total. The monoisotopic (exact) mass is 335 g/mol. The van der Waals surface area contributed by atoms with Crippen molar-refractivity contribution in [1.29, 1.82) is 0 Å². The summed E-state index contributed by atoms with van der Waals surface area (Å²) in [6.07, 6.45) is 4.69. The minimum Gasteiger partial charge on any atom is -0.363 e. The van der Waals surface area contributed by atoms with E-state index in [9.17, 15) is 4.79 Å². The summed E-state index contributed by atoms with van der Waals surface area (Å²) in [6.45, 7) is 6.89. The number of carbonyl (C=O) groups is 1. The molecule has 24 heavy (non-hydrogen) atoms. The number of nitrogens with zero attached hydrogens (tertiary/aromatic N) is 3. The van der Waals surface area contributed by atoms with Crippen molar-refractivity contribution in [3.8, 4) is 0 Å². The van der Waals surface area contributed by atoms with Crippen LogP contribution in [-0.4, -0.2) is 41.9 Å². The molecule has 1 aliphatic carbocycles. The van der Waals surface area contributed by atoms with Crippen LogP contribution in [0.25, 0.3) is 0 Å². The van der Waals surface area contributed by atoms with Gasteiger partial charge in [-0.05, 0) is 25.7 Å². The molecule has 0 saturated heterocycles. The summed E-state index contributed by atoms with van der Waals surface area (Å²) in [5.41, 5.74) is 2.27. The van der Waals surface area contributed by atoms with E-state index in [-0.39, 0.29) is 11.9 Å². The Morgan fingerprint density at radius 1 is 1.29 bits per heavy atom. The molecule has 0 aromatic carbocycles. The van der Waals surface area contributed by atoms with Crippen molar-refractivity contribution in [2.75, 3.05) is 19.0 Å². The molecule has 1 unspecified atom stereocenters. The van der Waals surface area contributed by atoms with Gasteiger partial charge in [0, 0.05) is 39.3 Å². The molecule has 2 rings (SSSR count). The zero-order valence-electron chi connectivity index (χ0n) is 16.0. The van der Waals surface area contributed by atoms with E-state index in [1.54, 1.807) is 0 Å². The lowest BCUT2D eigenvalue weighted by Crippen LogP contribution is -2.45. The number of carbonyl (C=O) groups excluding carboxylic acids is 1. The van der Waals surface area contributed by atoms with Gasteiger partial charge in [-0.1, -0.05) is 26.7 Å². The molecular weight excluding hydrogens is 302 g/mol. The van der Waals surface area contributed by atoms with Crippen molar-refractivity contribution < 1.29 is 4.79 Å². The van der Waals surface area contributed by atoms with Crippen LogP contribution in [0.4, 0.5) is 5.82 Å². The van der Waals surface area contributed by atoms with Crippen molar-refractivity contribution in [2.45, 2.75) is 71.0 Å². The zero-order valence-corrected chi connectivity index (χ0v) is 16.0. The number of nitrogens with one attached hydrogen (secondary N) is 2. The third-order valence-corrected chi connectivity index (χ3v) is 4.79. The Morgan fingerprint density at radius 2 is 1.92 bits per heavy atom. The normalized spacial score (nSPS) is 16.6. The summed E-state index contributed by atoms with van der Waals surface area (Å²) < 4.78 is 1.93. The number of amides is 1. The van der Waals surface area contributed by atoms with Crippen LogP contribution in [-0.2, 0) is 18.4 Å². The second-order valence-electron chi connectivity index (χ2n) is 7.45. The maximum Gasteiger partial charge on any atom is 0.237 e. The first-order valence-corrected chi connectivity index (χ1v) is 9.08. The molecule has 1 fully saturated rings. The van der Waals surface area contributed by atoms with E-state index < -0.39 is 0 Å². The summed E-state index contributed by atoms with van der Waals surface area (Å²) in [5, 5.41) is 11.2. The number of hydrogen-bond donors (Lipinski definition) is 2. The lowest BCUT2D eigenvalue weighted by Gasteiger charge is -2.20. The van der Waals surface area contributed by atoms with Gasteiger partial charge in [-0.3, -0.25) is 9.48 Å². The molecule has 1 aliphatic rings. The van der Waals surface area contributed by atoms with Crippen molar-refractivity contribution in [2.24, 2.45) is 7.05 Å². The molecule has 0 aliphatic heterocycles. The van der Waals surface area contributed by atoms with Crippen LogP contribution < -0.4 is 15.5 Å². The first kappa shape index (κ1) is 18.8. The molecule has 6 heteroatoms. The molecule has 1 aromatic heterocycles. The van der Waals surface area contributed by atoms with E-state index in [2.05, 4.69) is 34.5 Å². The minimum atomic E-state index is -0.208. The number of anilines is 1. The van der Waals surface area contributed by atoms with Gasteiger partial charge in [0.15, 0.2) is 0 Å². The highest BCUT2D eigenvalue weighted by Gasteiger charge is 2.23. The molecule has 6 nitrogen and oxygen atoms in total. The molecule has 1 saturated carbocycles. The zero-order chi connectivity index (χ0) is 17.9. The fraction of sp³-hybridized carbons (Fsp3) is 0.778. The Bertz CT molecular complexity index is 558. The quantitative estimate of drug-likeness (QED) is 0.801. The van der Waals surface area contributed by atoms with E-state index >= 15 is 0 Å². The minimum absolute atomic E-state index is 0.100. The van der Waals surface area contributed by atoms with Crippen molar-refractivity contribution in [3.63, 3.8) is 0 Å². The smallest absolute Gasteiger partial charge is 0.237 e. The van der Waals surface area contributed by atoms with E-state index in [0.29, 0.717) is 18.5 Å². The van der Waals surface area contributed by atoms with Crippen LogP contribution in [0.1, 0.15) is 63.6 Å². The van der Waals surface area contributed by atoms with Crippen LogP contribution in [0.3, 0.4) is 0 Å². The average Bonchev–Trinajstić information content (AvgIpc) is 3.11. The maximum absolute atomic E-state index is 12.4. The van der Waals surface area contributed by atoms with Gasteiger partial charge in [-0.2, -0.15) is 5.10 Å². The van der Waals surface area contributed by atoms with Gasteiger partial charge in [0.25, 0.3) is 0 Å². The van der Waals surface area contributed by atoms with Gasteiger partial charge in [0.1, 0.15) is 5.82 Å². The largest absolute Gasteiger partial charge is 0.363 e. The summed E-state index contributed by atoms with van der Waals surface area (Å²) in [7, 11) is 6.03. The van der Waals surface area contributed by atoms with Gasteiger partial charge < -0.3 is 15.5 Å². The van der Waals surface area contributed by atoms with Crippen LogP contribution in [0.15, 0.2) is 0 Å². The van der Waals surface area contributed by atoms with Crippen LogP contribution in [0.2, 0.25) is 0 Å². The lowest BCUT2D eigenvalue weighted by molar-refractivity contribution is -0.123. The molecule has 0 spiro atoms. The lowest BCUT2D eigenvalue weighted by atomic mass is 10.0. The highest BCUT2D eigenvalue weighted by atomic mass is 16.2. The first-order valence-electron chi connectivity index (χ1n) is 9.08. The van der Waals surface area contributed by atoms with Crippen LogP contribution >= 0.6 is 0 Å². The van der Waals surface area contributed by atoms with Gasteiger partial charge in [0.05, 0.1) is 11.7 Å². The summed E-state index contributed by atoms with van der Waals surface area (Å²) in [6, 6.07) is 0.157. The maximum atomic E-state index is 12.4. The molecule has 0 radical (unpaired) electrons. The van der Waals surface area contributed by atoms with Gasteiger partial charge in [0.2, 0.25) is 5.91 Å². The Balaban J connectivity index is 2.03. The van der Waals surface area contributed by atoms with E-state index in [1.807, 2.05) is 32.7 Å². The molecule has 1 amide bonds. The third kappa shape index (κ3) is 4.29. The number of hydrogen-bond acceptors (Lipinski definition) is 4. The molecule has 1 atom stereocenters. The standard InChI is InChI=1S/C18H33N5O/c1-12(2)16-15(18(22(4)5)23(6)21-16)11-19-13(3)17(24)20-14-9-7-8-10-14/h12-14,19H,7-11H2,1-6H3,(H,20,24). The fourth-order valence-corrected chi connectivity index (χ4v) is 3.52. The highest BCUT2D eigenvalue weighted by Crippen LogP contribution is 2.27. The summed E-state index contributed by atoms with van der Waals surface area (Å²) in [5.74, 6) is 1.54. The van der Waals surface area contributed by atoms with Gasteiger partial charge in [-0.15, -0.1) is 0 Å². The van der Waals surface area contributed by atoms with Gasteiger partial charge in [-0.25, -0.2) is 0 Å². The van der Waals surface area contributed by atoms with E-state index in [1.165, 1.54) is 18.4 Å². The van der Waals surface area contributed by atoms with E-state index in [4.69, 9.17) is 0 Å². The molecular formula is C18H33N5O. The molecule has 1 aromatic rings. The van der Waals surface area contributed by atoms with Crippen molar-refractivity contribution in [3.05, 3.63) is 11.3 Å².